The number of hydrogen-bond acceptors (Lipinski definition) is 2. The van der Waals surface area contributed by atoms with Crippen LogP contribution in [0.3, 0.4) is 0 Å². The normalized spacial score (nSPS) is 13.3. The molecular weight excluding hydrogens is 274 g/mol. The second-order valence-corrected chi connectivity index (χ2v) is 5.60. The van der Waals surface area contributed by atoms with Crippen molar-refractivity contribution in [3.8, 4) is 0 Å². The summed E-state index contributed by atoms with van der Waals surface area (Å²) < 4.78 is 0. The van der Waals surface area contributed by atoms with Crippen molar-refractivity contribution in [2.24, 2.45) is 0 Å². The Kier molecular flexibility index (Phi) is 4.68. The minimum absolute atomic E-state index is 0.144. The van der Waals surface area contributed by atoms with E-state index in [1.165, 1.54) is 24.0 Å². The molecule has 1 aliphatic carbocycles. The van der Waals surface area contributed by atoms with E-state index in [1.54, 1.807) is 6.20 Å². The first-order chi connectivity index (χ1) is 10.8. The number of aromatic nitrogens is 1. The van der Waals surface area contributed by atoms with Crippen LogP contribution in [0.5, 0.6) is 0 Å². The Morgan fingerprint density at radius 1 is 1.09 bits per heavy atom. The summed E-state index contributed by atoms with van der Waals surface area (Å²) in [6.45, 7) is 0.581. The number of fused-ring (bicyclic) bond motifs is 1. The lowest BCUT2D eigenvalue weighted by Crippen LogP contribution is -2.31. The molecule has 3 rings (SSSR count). The van der Waals surface area contributed by atoms with E-state index in [-0.39, 0.29) is 6.03 Å². The smallest absolute Gasteiger partial charge is 0.319 e. The molecule has 22 heavy (non-hydrogen) atoms. The highest BCUT2D eigenvalue weighted by atomic mass is 16.2. The topological polar surface area (TPSA) is 54.0 Å². The molecule has 0 radical (unpaired) electrons. The zero-order valence-corrected chi connectivity index (χ0v) is 12.6. The zero-order valence-electron chi connectivity index (χ0n) is 12.6. The average Bonchev–Trinajstić information content (AvgIpc) is 2.56. The van der Waals surface area contributed by atoms with Gasteiger partial charge in [0.05, 0.1) is 0 Å². The van der Waals surface area contributed by atoms with Gasteiger partial charge in [-0.05, 0) is 55.0 Å². The van der Waals surface area contributed by atoms with Crippen molar-refractivity contribution in [1.29, 1.82) is 0 Å². The van der Waals surface area contributed by atoms with Gasteiger partial charge in [-0.15, -0.1) is 0 Å². The molecule has 2 N–H and O–H groups in total. The summed E-state index contributed by atoms with van der Waals surface area (Å²) >= 11 is 0. The van der Waals surface area contributed by atoms with Gasteiger partial charge in [-0.1, -0.05) is 18.2 Å². The Bertz CT molecular complexity index is 640. The van der Waals surface area contributed by atoms with Gasteiger partial charge in [0, 0.05) is 30.5 Å². The number of amides is 2. The summed E-state index contributed by atoms with van der Waals surface area (Å²) in [5, 5.41) is 5.88. The van der Waals surface area contributed by atoms with Crippen LogP contribution >= 0.6 is 0 Å². The van der Waals surface area contributed by atoms with E-state index in [9.17, 15) is 4.79 Å². The van der Waals surface area contributed by atoms with Crippen molar-refractivity contribution < 1.29 is 4.79 Å². The van der Waals surface area contributed by atoms with Gasteiger partial charge in [-0.3, -0.25) is 4.98 Å². The first-order valence-corrected chi connectivity index (χ1v) is 7.88. The minimum atomic E-state index is -0.144. The largest absolute Gasteiger partial charge is 0.337 e. The predicted molar refractivity (Wildman–Crippen MR) is 88.0 cm³/mol. The first-order valence-electron chi connectivity index (χ1n) is 7.88. The third-order valence-electron chi connectivity index (χ3n) is 4.04. The number of urea groups is 1. The molecule has 4 nitrogen and oxygen atoms in total. The Morgan fingerprint density at radius 2 is 2.00 bits per heavy atom. The van der Waals surface area contributed by atoms with Gasteiger partial charge < -0.3 is 10.6 Å². The van der Waals surface area contributed by atoms with Crippen molar-refractivity contribution in [3.63, 3.8) is 0 Å². The van der Waals surface area contributed by atoms with Crippen LogP contribution in [-0.2, 0) is 19.3 Å². The van der Waals surface area contributed by atoms with Gasteiger partial charge in [-0.2, -0.15) is 0 Å². The summed E-state index contributed by atoms with van der Waals surface area (Å²) in [5.74, 6) is 0. The van der Waals surface area contributed by atoms with E-state index in [0.717, 1.165) is 30.6 Å². The average molecular weight is 295 g/mol. The molecule has 4 heteroatoms. The second kappa shape index (κ2) is 7.07. The standard InChI is InChI=1S/C18H21N3O/c22-18(20-13-11-15-8-3-4-12-19-15)21-17-10-5-7-14-6-1-2-9-16(14)17/h3-5,7-8,10,12H,1-2,6,9,11,13H2,(H2,20,21,22). The molecule has 0 atom stereocenters. The molecule has 1 heterocycles. The van der Waals surface area contributed by atoms with Crippen molar-refractivity contribution in [2.45, 2.75) is 32.1 Å². The molecule has 2 amide bonds. The number of hydrogen-bond donors (Lipinski definition) is 2. The van der Waals surface area contributed by atoms with Gasteiger partial charge >= 0.3 is 6.03 Å². The quantitative estimate of drug-likeness (QED) is 0.909. The molecule has 0 saturated carbocycles. The summed E-state index contributed by atoms with van der Waals surface area (Å²) in [4.78, 5) is 16.3. The highest BCUT2D eigenvalue weighted by Gasteiger charge is 2.14. The van der Waals surface area contributed by atoms with Crippen LogP contribution in [0.15, 0.2) is 42.6 Å². The third kappa shape index (κ3) is 3.64. The van der Waals surface area contributed by atoms with Crippen LogP contribution in [0.1, 0.15) is 29.7 Å². The molecule has 0 spiro atoms. The molecule has 0 unspecified atom stereocenters. The van der Waals surface area contributed by atoms with Crippen LogP contribution in [-0.4, -0.2) is 17.6 Å². The van der Waals surface area contributed by atoms with Crippen LogP contribution in [0.4, 0.5) is 10.5 Å². The lowest BCUT2D eigenvalue weighted by molar-refractivity contribution is 0.252. The maximum atomic E-state index is 12.0. The van der Waals surface area contributed by atoms with Gasteiger partial charge in [0.2, 0.25) is 0 Å². The molecule has 1 aromatic carbocycles. The first kappa shape index (κ1) is 14.6. The summed E-state index contributed by atoms with van der Waals surface area (Å²) in [6, 6.07) is 11.8. The van der Waals surface area contributed by atoms with Crippen molar-refractivity contribution in [3.05, 3.63) is 59.4 Å². The van der Waals surface area contributed by atoms with Crippen molar-refractivity contribution >= 4 is 11.7 Å². The highest BCUT2D eigenvalue weighted by Crippen LogP contribution is 2.27. The molecule has 2 aromatic rings. The van der Waals surface area contributed by atoms with Crippen molar-refractivity contribution in [1.82, 2.24) is 10.3 Å². The number of benzene rings is 1. The number of aryl methyl sites for hydroxylation is 1. The van der Waals surface area contributed by atoms with Crippen molar-refractivity contribution in [2.75, 3.05) is 11.9 Å². The number of rotatable bonds is 4. The summed E-state index contributed by atoms with van der Waals surface area (Å²) in [5.41, 5.74) is 4.61. The number of anilines is 1. The second-order valence-electron chi connectivity index (χ2n) is 5.60. The minimum Gasteiger partial charge on any atom is -0.337 e. The van der Waals surface area contributed by atoms with Gasteiger partial charge in [0.25, 0.3) is 0 Å². The number of nitrogens with one attached hydrogen (secondary N) is 2. The fraction of sp³-hybridized carbons (Fsp3) is 0.333. The molecule has 0 bridgehead atoms. The molecule has 0 saturated heterocycles. The monoisotopic (exact) mass is 295 g/mol. The highest BCUT2D eigenvalue weighted by molar-refractivity contribution is 5.90. The van der Waals surface area contributed by atoms with Gasteiger partial charge in [-0.25, -0.2) is 4.79 Å². The number of nitrogens with zero attached hydrogens (tertiary/aromatic N) is 1. The summed E-state index contributed by atoms with van der Waals surface area (Å²) in [6.07, 6.45) is 7.12. The number of carbonyl (C=O) groups is 1. The number of carbonyl (C=O) groups excluding carboxylic acids is 1. The molecule has 1 aromatic heterocycles. The molecule has 114 valence electrons. The van der Waals surface area contributed by atoms with E-state index in [0.29, 0.717) is 6.54 Å². The van der Waals surface area contributed by atoms with Crippen LogP contribution in [0, 0.1) is 0 Å². The SMILES string of the molecule is O=C(NCCc1ccccn1)Nc1cccc2c1CCCC2. The third-order valence-corrected chi connectivity index (χ3v) is 4.04. The summed E-state index contributed by atoms with van der Waals surface area (Å²) in [7, 11) is 0. The molecule has 1 aliphatic rings. The Morgan fingerprint density at radius 3 is 2.86 bits per heavy atom. The predicted octanol–water partition coefficient (Wildman–Crippen LogP) is 3.32. The number of pyridine rings is 1. The van der Waals surface area contributed by atoms with E-state index in [4.69, 9.17) is 0 Å². The van der Waals surface area contributed by atoms with E-state index < -0.39 is 0 Å². The van der Waals surface area contributed by atoms with E-state index in [2.05, 4.69) is 21.7 Å². The maximum Gasteiger partial charge on any atom is 0.319 e. The van der Waals surface area contributed by atoms with Crippen LogP contribution in [0.2, 0.25) is 0 Å². The van der Waals surface area contributed by atoms with Gasteiger partial charge in [0.1, 0.15) is 0 Å². The Balaban J connectivity index is 1.54. The molecule has 0 fully saturated rings. The van der Waals surface area contributed by atoms with Gasteiger partial charge in [0.15, 0.2) is 0 Å². The van der Waals surface area contributed by atoms with Crippen LogP contribution in [0.25, 0.3) is 0 Å². The van der Waals surface area contributed by atoms with E-state index in [1.807, 2.05) is 30.3 Å². The Hall–Kier alpha value is -2.36. The fourth-order valence-electron chi connectivity index (χ4n) is 2.92. The lowest BCUT2D eigenvalue weighted by atomic mass is 9.90. The van der Waals surface area contributed by atoms with E-state index >= 15 is 0 Å². The Labute approximate surface area is 131 Å². The fourth-order valence-corrected chi connectivity index (χ4v) is 2.92. The molecular formula is C18H21N3O. The van der Waals surface area contributed by atoms with Crippen LogP contribution < -0.4 is 10.6 Å². The lowest BCUT2D eigenvalue weighted by Gasteiger charge is -2.19. The zero-order chi connectivity index (χ0) is 15.2. The maximum absolute atomic E-state index is 12.0. The molecule has 0 aliphatic heterocycles.